The molecule has 0 radical (unpaired) electrons. The van der Waals surface area contributed by atoms with Crippen LogP contribution in [0.1, 0.15) is 37.0 Å². The average molecular weight is 408 g/mol. The fraction of sp³-hybridized carbons (Fsp3) is 0.375. The van der Waals surface area contributed by atoms with Crippen molar-refractivity contribution in [3.63, 3.8) is 0 Å². The van der Waals surface area contributed by atoms with E-state index >= 15 is 0 Å². The minimum absolute atomic E-state index is 0.169. The third kappa shape index (κ3) is 5.92. The molecule has 2 aromatic carbocycles. The van der Waals surface area contributed by atoms with Crippen molar-refractivity contribution in [1.82, 2.24) is 5.32 Å². The lowest BCUT2D eigenvalue weighted by Crippen LogP contribution is -2.46. The van der Waals surface area contributed by atoms with Gasteiger partial charge in [-0.1, -0.05) is 50.2 Å². The summed E-state index contributed by atoms with van der Waals surface area (Å²) in [6.45, 7) is 3.24. The maximum atomic E-state index is 12.5. The Kier molecular flexibility index (Phi) is 7.22. The van der Waals surface area contributed by atoms with Gasteiger partial charge in [0.25, 0.3) is 5.91 Å². The summed E-state index contributed by atoms with van der Waals surface area (Å²) < 4.78 is 5.18. The van der Waals surface area contributed by atoms with Gasteiger partial charge in [0.05, 0.1) is 6.42 Å². The Hall–Kier alpha value is -3.15. The van der Waals surface area contributed by atoms with Crippen LogP contribution >= 0.6 is 0 Å². The fourth-order valence-electron chi connectivity index (χ4n) is 3.58. The van der Waals surface area contributed by atoms with E-state index in [0.29, 0.717) is 5.69 Å². The molecule has 1 atom stereocenters. The number of carbonyl (C=O) groups excluding carboxylic acids is 3. The summed E-state index contributed by atoms with van der Waals surface area (Å²) in [6.07, 6.45) is 3.41. The number of hydrogen-bond donors (Lipinski definition) is 2. The normalized spacial score (nSPS) is 13.4. The van der Waals surface area contributed by atoms with Gasteiger partial charge in [0.15, 0.2) is 6.61 Å². The Morgan fingerprint density at radius 2 is 1.70 bits per heavy atom. The van der Waals surface area contributed by atoms with E-state index in [9.17, 15) is 14.4 Å². The molecule has 0 fully saturated rings. The molecule has 1 aliphatic carbocycles. The van der Waals surface area contributed by atoms with Crippen LogP contribution in [0.25, 0.3) is 0 Å². The number of esters is 1. The molecule has 0 heterocycles. The third-order valence-corrected chi connectivity index (χ3v) is 5.17. The zero-order valence-corrected chi connectivity index (χ0v) is 17.4. The quantitative estimate of drug-likeness (QED) is 0.658. The lowest BCUT2D eigenvalue weighted by Gasteiger charge is -2.21. The molecule has 2 aromatic rings. The zero-order chi connectivity index (χ0) is 21.5. The summed E-state index contributed by atoms with van der Waals surface area (Å²) in [5, 5.41) is 5.49. The summed E-state index contributed by atoms with van der Waals surface area (Å²) in [6, 6.07) is 14.4. The molecule has 0 saturated heterocycles. The number of fused-ring (bicyclic) bond motifs is 1. The molecule has 3 rings (SSSR count). The minimum atomic E-state index is -0.811. The number of rotatable bonds is 8. The first-order chi connectivity index (χ1) is 14.4. The second-order valence-corrected chi connectivity index (χ2v) is 7.94. The number of amides is 2. The summed E-state index contributed by atoms with van der Waals surface area (Å²) in [5.41, 5.74) is 4.14. The van der Waals surface area contributed by atoms with Gasteiger partial charge in [-0.25, -0.2) is 4.79 Å². The van der Waals surface area contributed by atoms with Gasteiger partial charge in [-0.15, -0.1) is 0 Å². The highest BCUT2D eigenvalue weighted by atomic mass is 16.5. The molecule has 0 aliphatic heterocycles. The molecular formula is C24H28N2O4. The van der Waals surface area contributed by atoms with Crippen molar-refractivity contribution in [1.29, 1.82) is 0 Å². The van der Waals surface area contributed by atoms with Crippen molar-refractivity contribution in [2.75, 3.05) is 11.9 Å². The molecule has 2 N–H and O–H groups in total. The Morgan fingerprint density at radius 3 is 2.43 bits per heavy atom. The standard InChI is InChI=1S/C24H28N2O4/c1-16(2)23(26-21(27)13-17-7-4-3-5-8-17)24(29)30-15-22(28)25-20-12-11-18-9-6-10-19(18)14-20/h3-5,7-8,11-12,14,16,23H,6,9-10,13,15H2,1-2H3,(H,25,28)(H,26,27)/t23-/m0/s1. The van der Waals surface area contributed by atoms with Gasteiger partial charge in [-0.2, -0.15) is 0 Å². The first-order valence-corrected chi connectivity index (χ1v) is 10.3. The SMILES string of the molecule is CC(C)[C@H](NC(=O)Cc1ccccc1)C(=O)OCC(=O)Nc1ccc2c(c1)CCC2. The van der Waals surface area contributed by atoms with Gasteiger partial charge < -0.3 is 15.4 Å². The van der Waals surface area contributed by atoms with E-state index in [4.69, 9.17) is 4.74 Å². The maximum Gasteiger partial charge on any atom is 0.329 e. The van der Waals surface area contributed by atoms with Crippen LogP contribution in [-0.2, 0) is 38.4 Å². The van der Waals surface area contributed by atoms with Crippen LogP contribution < -0.4 is 10.6 Å². The number of hydrogen-bond acceptors (Lipinski definition) is 4. The molecule has 2 amide bonds. The smallest absolute Gasteiger partial charge is 0.329 e. The summed E-state index contributed by atoms with van der Waals surface area (Å²) in [4.78, 5) is 37.0. The fourth-order valence-corrected chi connectivity index (χ4v) is 3.58. The second-order valence-electron chi connectivity index (χ2n) is 7.94. The van der Waals surface area contributed by atoms with Gasteiger partial charge in [-0.05, 0) is 54.0 Å². The number of benzene rings is 2. The Balaban J connectivity index is 1.49. The van der Waals surface area contributed by atoms with Gasteiger partial charge in [0, 0.05) is 5.69 Å². The maximum absolute atomic E-state index is 12.5. The number of ether oxygens (including phenoxy) is 1. The van der Waals surface area contributed by atoms with Crippen molar-refractivity contribution in [2.45, 2.75) is 45.6 Å². The van der Waals surface area contributed by atoms with Crippen LogP contribution in [0.4, 0.5) is 5.69 Å². The van der Waals surface area contributed by atoms with E-state index < -0.39 is 24.5 Å². The molecule has 0 bridgehead atoms. The van der Waals surface area contributed by atoms with E-state index in [0.717, 1.165) is 24.8 Å². The molecule has 0 aromatic heterocycles. The van der Waals surface area contributed by atoms with Gasteiger partial charge in [-0.3, -0.25) is 9.59 Å². The highest BCUT2D eigenvalue weighted by Crippen LogP contribution is 2.24. The molecule has 0 unspecified atom stereocenters. The number of aryl methyl sites for hydroxylation is 2. The average Bonchev–Trinajstić information content (AvgIpc) is 3.18. The lowest BCUT2D eigenvalue weighted by atomic mass is 10.0. The molecule has 6 nitrogen and oxygen atoms in total. The lowest BCUT2D eigenvalue weighted by molar-refractivity contribution is -0.151. The van der Waals surface area contributed by atoms with Crippen LogP contribution in [0, 0.1) is 5.92 Å². The van der Waals surface area contributed by atoms with Gasteiger partial charge >= 0.3 is 5.97 Å². The van der Waals surface area contributed by atoms with Crippen molar-refractivity contribution < 1.29 is 19.1 Å². The first kappa shape index (κ1) is 21.6. The molecule has 158 valence electrons. The topological polar surface area (TPSA) is 84.5 Å². The summed E-state index contributed by atoms with van der Waals surface area (Å²) >= 11 is 0. The number of nitrogens with one attached hydrogen (secondary N) is 2. The Labute approximate surface area is 177 Å². The molecule has 6 heteroatoms. The molecule has 0 spiro atoms. The Morgan fingerprint density at radius 1 is 0.967 bits per heavy atom. The first-order valence-electron chi connectivity index (χ1n) is 10.3. The van der Waals surface area contributed by atoms with E-state index in [2.05, 4.69) is 10.6 Å². The molecule has 0 saturated carbocycles. The van der Waals surface area contributed by atoms with Crippen molar-refractivity contribution in [3.8, 4) is 0 Å². The molecule has 1 aliphatic rings. The predicted molar refractivity (Wildman–Crippen MR) is 115 cm³/mol. The van der Waals surface area contributed by atoms with E-state index in [1.165, 1.54) is 11.1 Å². The molecular weight excluding hydrogens is 380 g/mol. The van der Waals surface area contributed by atoms with E-state index in [1.807, 2.05) is 62.4 Å². The molecule has 30 heavy (non-hydrogen) atoms. The highest BCUT2D eigenvalue weighted by Gasteiger charge is 2.26. The van der Waals surface area contributed by atoms with E-state index in [1.54, 1.807) is 0 Å². The Bertz CT molecular complexity index is 909. The van der Waals surface area contributed by atoms with Crippen molar-refractivity contribution in [2.24, 2.45) is 5.92 Å². The van der Waals surface area contributed by atoms with Crippen molar-refractivity contribution >= 4 is 23.5 Å². The predicted octanol–water partition coefficient (Wildman–Crippen LogP) is 3.04. The van der Waals surface area contributed by atoms with Crippen LogP contribution in [0.15, 0.2) is 48.5 Å². The van der Waals surface area contributed by atoms with E-state index in [-0.39, 0.29) is 18.2 Å². The highest BCUT2D eigenvalue weighted by molar-refractivity contribution is 5.93. The summed E-state index contributed by atoms with van der Waals surface area (Å²) in [5.74, 6) is -1.45. The van der Waals surface area contributed by atoms with Gasteiger partial charge in [0.2, 0.25) is 5.91 Å². The third-order valence-electron chi connectivity index (χ3n) is 5.17. The minimum Gasteiger partial charge on any atom is -0.454 e. The van der Waals surface area contributed by atoms with Crippen LogP contribution in [0.5, 0.6) is 0 Å². The number of carbonyl (C=O) groups is 3. The number of anilines is 1. The summed E-state index contributed by atoms with van der Waals surface area (Å²) in [7, 11) is 0. The second kappa shape index (κ2) is 10.1. The van der Waals surface area contributed by atoms with Crippen molar-refractivity contribution in [3.05, 3.63) is 65.2 Å². The van der Waals surface area contributed by atoms with Crippen LogP contribution in [-0.4, -0.2) is 30.4 Å². The van der Waals surface area contributed by atoms with Crippen LogP contribution in [0.3, 0.4) is 0 Å². The van der Waals surface area contributed by atoms with Gasteiger partial charge in [0.1, 0.15) is 6.04 Å². The zero-order valence-electron chi connectivity index (χ0n) is 17.4. The monoisotopic (exact) mass is 408 g/mol. The largest absolute Gasteiger partial charge is 0.454 e. The van der Waals surface area contributed by atoms with Crippen LogP contribution in [0.2, 0.25) is 0 Å².